The molecule has 0 N–H and O–H groups in total. The third-order valence-corrected chi connectivity index (χ3v) is 2.66. The van der Waals surface area contributed by atoms with Gasteiger partial charge in [-0.3, -0.25) is 4.79 Å². The van der Waals surface area contributed by atoms with Crippen LogP contribution in [0.2, 0.25) is 0 Å². The first-order valence-electron chi connectivity index (χ1n) is 6.18. The fourth-order valence-electron chi connectivity index (χ4n) is 1.57. The molecule has 0 aromatic heterocycles. The molecule has 1 aromatic rings. The molecule has 96 valence electrons. The summed E-state index contributed by atoms with van der Waals surface area (Å²) in [5, 5.41) is 8.71. The maximum absolute atomic E-state index is 11.6. The molecule has 1 aromatic carbocycles. The normalized spacial score (nSPS) is 11.9. The van der Waals surface area contributed by atoms with Crippen LogP contribution in [0.5, 0.6) is 0 Å². The molecule has 0 radical (unpaired) electrons. The highest BCUT2D eigenvalue weighted by Gasteiger charge is 2.12. The number of carbonyl (C=O) groups is 1. The zero-order valence-electron chi connectivity index (χ0n) is 11.1. The van der Waals surface area contributed by atoms with Gasteiger partial charge in [0.2, 0.25) is 0 Å². The van der Waals surface area contributed by atoms with Crippen molar-refractivity contribution in [1.82, 2.24) is 0 Å². The number of esters is 1. The number of carbonyl (C=O) groups excluding carboxylic acids is 1. The first-order valence-corrected chi connectivity index (χ1v) is 6.18. The van der Waals surface area contributed by atoms with Gasteiger partial charge in [0, 0.05) is 0 Å². The molecule has 0 amide bonds. The highest BCUT2D eigenvalue weighted by molar-refractivity contribution is 5.70. The summed E-state index contributed by atoms with van der Waals surface area (Å²) >= 11 is 0. The fraction of sp³-hybridized carbons (Fsp3) is 0.467. The zero-order chi connectivity index (χ0) is 13.5. The average molecular weight is 245 g/mol. The molecule has 3 nitrogen and oxygen atoms in total. The number of ether oxygens (including phenoxy) is 1. The first-order chi connectivity index (χ1) is 8.52. The minimum Gasteiger partial charge on any atom is -0.465 e. The Kier molecular flexibility index (Phi) is 5.38. The number of benzene rings is 1. The maximum atomic E-state index is 11.6. The van der Waals surface area contributed by atoms with Crippen LogP contribution in [0.4, 0.5) is 0 Å². The molecule has 1 atom stereocenters. The van der Waals surface area contributed by atoms with Gasteiger partial charge in [-0.05, 0) is 29.5 Å². The largest absolute Gasteiger partial charge is 0.465 e. The second-order valence-corrected chi connectivity index (χ2v) is 4.92. The van der Waals surface area contributed by atoms with Gasteiger partial charge < -0.3 is 4.74 Å². The summed E-state index contributed by atoms with van der Waals surface area (Å²) in [5.74, 6) is 0.303. The van der Waals surface area contributed by atoms with E-state index >= 15 is 0 Å². The number of nitriles is 1. The molecule has 0 saturated carbocycles. The van der Waals surface area contributed by atoms with Gasteiger partial charge in [0.25, 0.3) is 0 Å². The predicted octanol–water partition coefficient (Wildman–Crippen LogP) is 3.25. The van der Waals surface area contributed by atoms with E-state index < -0.39 is 0 Å². The summed E-state index contributed by atoms with van der Waals surface area (Å²) in [6.45, 7) is 6.48. The number of nitrogens with zero attached hydrogens (tertiary/aromatic N) is 1. The van der Waals surface area contributed by atoms with Crippen LogP contribution in [0.25, 0.3) is 0 Å². The van der Waals surface area contributed by atoms with Gasteiger partial charge in [0.1, 0.15) is 0 Å². The summed E-state index contributed by atoms with van der Waals surface area (Å²) in [5.41, 5.74) is 1.68. The van der Waals surface area contributed by atoms with Gasteiger partial charge in [-0.2, -0.15) is 5.26 Å². The average Bonchev–Trinajstić information content (AvgIpc) is 2.36. The lowest BCUT2D eigenvalue weighted by Gasteiger charge is -2.12. The van der Waals surface area contributed by atoms with Crippen LogP contribution in [0.1, 0.15) is 44.2 Å². The standard InChI is InChI=1S/C15H19NO2/c1-11(2)10-18-15(17)8-12(3)14-6-4-13(9-16)5-7-14/h4-7,11-12H,8,10H2,1-3H3. The van der Waals surface area contributed by atoms with E-state index in [9.17, 15) is 4.79 Å². The number of rotatable bonds is 5. The Morgan fingerprint density at radius 3 is 2.39 bits per heavy atom. The summed E-state index contributed by atoms with van der Waals surface area (Å²) in [6.07, 6.45) is 0.374. The van der Waals surface area contributed by atoms with E-state index in [0.29, 0.717) is 24.5 Å². The molecule has 1 rings (SSSR count). The van der Waals surface area contributed by atoms with E-state index in [2.05, 4.69) is 6.07 Å². The smallest absolute Gasteiger partial charge is 0.306 e. The van der Waals surface area contributed by atoms with E-state index in [1.54, 1.807) is 12.1 Å². The topological polar surface area (TPSA) is 50.1 Å². The predicted molar refractivity (Wildman–Crippen MR) is 70.0 cm³/mol. The van der Waals surface area contributed by atoms with Crippen molar-refractivity contribution in [3.8, 4) is 6.07 Å². The maximum Gasteiger partial charge on any atom is 0.306 e. The van der Waals surface area contributed by atoms with Gasteiger partial charge in [0.05, 0.1) is 24.7 Å². The zero-order valence-corrected chi connectivity index (χ0v) is 11.1. The molecule has 0 spiro atoms. The molecule has 0 saturated heterocycles. The second-order valence-electron chi connectivity index (χ2n) is 4.92. The van der Waals surface area contributed by atoms with Crippen molar-refractivity contribution < 1.29 is 9.53 Å². The van der Waals surface area contributed by atoms with Gasteiger partial charge in [-0.25, -0.2) is 0 Å². The highest BCUT2D eigenvalue weighted by atomic mass is 16.5. The number of hydrogen-bond donors (Lipinski definition) is 0. The lowest BCUT2D eigenvalue weighted by molar-refractivity contribution is -0.145. The van der Waals surface area contributed by atoms with Crippen molar-refractivity contribution in [3.05, 3.63) is 35.4 Å². The Morgan fingerprint density at radius 1 is 1.28 bits per heavy atom. The van der Waals surface area contributed by atoms with Crippen molar-refractivity contribution in [1.29, 1.82) is 5.26 Å². The van der Waals surface area contributed by atoms with Crippen LogP contribution in [0.3, 0.4) is 0 Å². The second kappa shape index (κ2) is 6.80. The van der Waals surface area contributed by atoms with Crippen LogP contribution in [0.15, 0.2) is 24.3 Å². The van der Waals surface area contributed by atoms with Crippen LogP contribution < -0.4 is 0 Å². The molecule has 0 bridgehead atoms. The molecule has 0 fully saturated rings. The van der Waals surface area contributed by atoms with Gasteiger partial charge in [-0.1, -0.05) is 32.9 Å². The Bertz CT molecular complexity index is 429. The molecule has 3 heteroatoms. The Morgan fingerprint density at radius 2 is 1.89 bits per heavy atom. The van der Waals surface area contributed by atoms with Gasteiger partial charge in [-0.15, -0.1) is 0 Å². The fourth-order valence-corrected chi connectivity index (χ4v) is 1.57. The number of hydrogen-bond acceptors (Lipinski definition) is 3. The quantitative estimate of drug-likeness (QED) is 0.748. The molecule has 0 aliphatic heterocycles. The Balaban J connectivity index is 2.51. The van der Waals surface area contributed by atoms with Crippen LogP contribution in [0, 0.1) is 17.2 Å². The van der Waals surface area contributed by atoms with E-state index in [4.69, 9.17) is 10.00 Å². The molecular weight excluding hydrogens is 226 g/mol. The van der Waals surface area contributed by atoms with Crippen molar-refractivity contribution in [3.63, 3.8) is 0 Å². The Labute approximate surface area is 108 Å². The van der Waals surface area contributed by atoms with Gasteiger partial charge in [0.15, 0.2) is 0 Å². The van der Waals surface area contributed by atoms with Crippen LogP contribution in [-0.2, 0) is 9.53 Å². The SMILES string of the molecule is CC(C)COC(=O)CC(C)c1ccc(C#N)cc1. The van der Waals surface area contributed by atoms with Crippen molar-refractivity contribution in [2.24, 2.45) is 5.92 Å². The molecule has 0 aliphatic rings. The van der Waals surface area contributed by atoms with E-state index in [1.165, 1.54) is 0 Å². The van der Waals surface area contributed by atoms with Crippen LogP contribution in [-0.4, -0.2) is 12.6 Å². The first kappa shape index (κ1) is 14.2. The molecular formula is C15H19NO2. The third kappa shape index (κ3) is 4.58. The Hall–Kier alpha value is -1.82. The highest BCUT2D eigenvalue weighted by Crippen LogP contribution is 2.20. The summed E-state index contributed by atoms with van der Waals surface area (Å²) < 4.78 is 5.15. The molecule has 0 heterocycles. The van der Waals surface area contributed by atoms with Crippen molar-refractivity contribution in [2.45, 2.75) is 33.1 Å². The minimum absolute atomic E-state index is 0.109. The van der Waals surface area contributed by atoms with Crippen LogP contribution >= 0.6 is 0 Å². The van der Waals surface area contributed by atoms with E-state index in [1.807, 2.05) is 32.9 Å². The van der Waals surface area contributed by atoms with E-state index in [-0.39, 0.29) is 11.9 Å². The molecule has 18 heavy (non-hydrogen) atoms. The summed E-state index contributed by atoms with van der Waals surface area (Å²) in [6, 6.07) is 9.39. The lowest BCUT2D eigenvalue weighted by atomic mass is 9.97. The van der Waals surface area contributed by atoms with Gasteiger partial charge >= 0.3 is 5.97 Å². The lowest BCUT2D eigenvalue weighted by Crippen LogP contribution is -2.12. The molecule has 1 unspecified atom stereocenters. The summed E-state index contributed by atoms with van der Waals surface area (Å²) in [7, 11) is 0. The van der Waals surface area contributed by atoms with Crippen molar-refractivity contribution >= 4 is 5.97 Å². The van der Waals surface area contributed by atoms with E-state index in [0.717, 1.165) is 5.56 Å². The monoisotopic (exact) mass is 245 g/mol. The van der Waals surface area contributed by atoms with Crippen molar-refractivity contribution in [2.75, 3.05) is 6.61 Å². The molecule has 0 aliphatic carbocycles. The summed E-state index contributed by atoms with van der Waals surface area (Å²) in [4.78, 5) is 11.6. The minimum atomic E-state index is -0.166. The third-order valence-electron chi connectivity index (χ3n) is 2.66.